The van der Waals surface area contributed by atoms with Crippen LogP contribution in [0.3, 0.4) is 0 Å². The van der Waals surface area contributed by atoms with Gasteiger partial charge in [-0.1, -0.05) is 12.1 Å². The number of pyridine rings is 1. The number of rotatable bonds is 7. The molecule has 2 heterocycles. The Labute approximate surface area is 168 Å². The molecule has 1 amide bonds. The van der Waals surface area contributed by atoms with Gasteiger partial charge < -0.3 is 15.8 Å². The average molecular weight is 425 g/mol. The van der Waals surface area contributed by atoms with Gasteiger partial charge in [-0.3, -0.25) is 4.79 Å². The lowest BCUT2D eigenvalue weighted by molar-refractivity contribution is 0.102. The maximum absolute atomic E-state index is 14.0. The van der Waals surface area contributed by atoms with Gasteiger partial charge in [0.15, 0.2) is 0 Å². The number of carbonyl (C=O) groups is 1. The molecular formula is C18H15ClF2N4O2S. The topological polar surface area (TPSA) is 90.1 Å². The van der Waals surface area contributed by atoms with Gasteiger partial charge in [-0.25, -0.2) is 13.8 Å². The van der Waals surface area contributed by atoms with E-state index in [1.54, 1.807) is 0 Å². The summed E-state index contributed by atoms with van der Waals surface area (Å²) in [4.78, 5) is 16.6. The molecule has 1 aromatic carbocycles. The molecule has 28 heavy (non-hydrogen) atoms. The van der Waals surface area contributed by atoms with Gasteiger partial charge in [0, 0.05) is 18.1 Å². The fourth-order valence-electron chi connectivity index (χ4n) is 2.32. The van der Waals surface area contributed by atoms with Crippen molar-refractivity contribution < 1.29 is 18.3 Å². The molecule has 146 valence electrons. The lowest BCUT2D eigenvalue weighted by Gasteiger charge is -2.14. The van der Waals surface area contributed by atoms with E-state index in [1.165, 1.54) is 30.5 Å². The SMILES string of the molecule is NCC(CCl)Oc1sncc1NC(=O)c1cccc(-c2c(F)cccc2F)n1. The molecule has 0 fully saturated rings. The number of anilines is 1. The molecule has 1 atom stereocenters. The van der Waals surface area contributed by atoms with Crippen LogP contribution in [0.2, 0.25) is 0 Å². The zero-order valence-electron chi connectivity index (χ0n) is 14.4. The Morgan fingerprint density at radius 3 is 2.64 bits per heavy atom. The lowest BCUT2D eigenvalue weighted by atomic mass is 10.1. The maximum Gasteiger partial charge on any atom is 0.274 e. The summed E-state index contributed by atoms with van der Waals surface area (Å²) in [6, 6.07) is 7.84. The van der Waals surface area contributed by atoms with Crippen molar-refractivity contribution in [3.63, 3.8) is 0 Å². The third-order valence-electron chi connectivity index (χ3n) is 3.69. The number of alkyl halides is 1. The van der Waals surface area contributed by atoms with E-state index in [0.717, 1.165) is 23.7 Å². The molecule has 0 saturated heterocycles. The summed E-state index contributed by atoms with van der Waals surface area (Å²) in [5, 5.41) is 2.97. The minimum Gasteiger partial charge on any atom is -0.475 e. The zero-order chi connectivity index (χ0) is 20.1. The van der Waals surface area contributed by atoms with Crippen LogP contribution < -0.4 is 15.8 Å². The fourth-order valence-corrected chi connectivity index (χ4v) is 3.14. The molecule has 1 unspecified atom stereocenters. The number of amides is 1. The molecule has 3 N–H and O–H groups in total. The van der Waals surface area contributed by atoms with Crippen molar-refractivity contribution in [2.24, 2.45) is 5.73 Å². The second-order valence-electron chi connectivity index (χ2n) is 5.62. The number of hydrogen-bond donors (Lipinski definition) is 2. The summed E-state index contributed by atoms with van der Waals surface area (Å²) in [5.74, 6) is -1.94. The highest BCUT2D eigenvalue weighted by atomic mass is 35.5. The Kier molecular flexibility index (Phi) is 6.50. The summed E-state index contributed by atoms with van der Waals surface area (Å²) in [6.07, 6.45) is 0.989. The smallest absolute Gasteiger partial charge is 0.274 e. The van der Waals surface area contributed by atoms with Gasteiger partial charge >= 0.3 is 0 Å². The standard InChI is InChI=1S/C18H15ClF2N4O2S/c19-7-10(8-22)27-18-15(9-23-28-18)25-17(26)14-6-2-5-13(24-14)16-11(20)3-1-4-12(16)21/h1-6,9-10H,7-8,22H2,(H,25,26). The first-order chi connectivity index (χ1) is 13.5. The van der Waals surface area contributed by atoms with Gasteiger partial charge in [-0.15, -0.1) is 11.6 Å². The third-order valence-corrected chi connectivity index (χ3v) is 4.73. The molecule has 0 saturated carbocycles. The Bertz CT molecular complexity index is 961. The van der Waals surface area contributed by atoms with Crippen LogP contribution in [0, 0.1) is 11.6 Å². The van der Waals surface area contributed by atoms with E-state index < -0.39 is 23.6 Å². The summed E-state index contributed by atoms with van der Waals surface area (Å²) in [6.45, 7) is 0.201. The molecule has 0 radical (unpaired) electrons. The quantitative estimate of drug-likeness (QED) is 0.565. The van der Waals surface area contributed by atoms with Crippen LogP contribution >= 0.6 is 23.1 Å². The maximum atomic E-state index is 14.0. The van der Waals surface area contributed by atoms with Crippen LogP contribution in [-0.2, 0) is 0 Å². The molecule has 0 bridgehead atoms. The van der Waals surface area contributed by atoms with Crippen LogP contribution in [0.4, 0.5) is 14.5 Å². The highest BCUT2D eigenvalue weighted by molar-refractivity contribution is 7.08. The van der Waals surface area contributed by atoms with Crippen molar-refractivity contribution in [2.45, 2.75) is 6.10 Å². The van der Waals surface area contributed by atoms with Crippen molar-refractivity contribution in [3.8, 4) is 16.3 Å². The third kappa shape index (κ3) is 4.44. The predicted molar refractivity (Wildman–Crippen MR) is 104 cm³/mol. The molecule has 0 spiro atoms. The second-order valence-corrected chi connectivity index (χ2v) is 6.69. The van der Waals surface area contributed by atoms with Gasteiger partial charge in [0.05, 0.1) is 23.3 Å². The number of hydrogen-bond acceptors (Lipinski definition) is 6. The number of benzene rings is 1. The zero-order valence-corrected chi connectivity index (χ0v) is 15.9. The number of nitrogens with two attached hydrogens (primary N) is 1. The first-order valence-corrected chi connectivity index (χ1v) is 9.44. The Balaban J connectivity index is 1.83. The highest BCUT2D eigenvalue weighted by Gasteiger charge is 2.18. The van der Waals surface area contributed by atoms with Crippen molar-refractivity contribution in [1.82, 2.24) is 9.36 Å². The van der Waals surface area contributed by atoms with Crippen LogP contribution in [-0.4, -0.2) is 33.8 Å². The molecule has 3 rings (SSSR count). The number of aromatic nitrogens is 2. The van der Waals surface area contributed by atoms with E-state index in [-0.39, 0.29) is 29.4 Å². The molecule has 10 heteroatoms. The second kappa shape index (κ2) is 9.05. The number of halogens is 3. The molecule has 3 aromatic rings. The van der Waals surface area contributed by atoms with Crippen LogP contribution in [0.25, 0.3) is 11.3 Å². The van der Waals surface area contributed by atoms with Crippen LogP contribution in [0.15, 0.2) is 42.6 Å². The summed E-state index contributed by atoms with van der Waals surface area (Å²) in [7, 11) is 0. The highest BCUT2D eigenvalue weighted by Crippen LogP contribution is 2.30. The van der Waals surface area contributed by atoms with Crippen molar-refractivity contribution in [1.29, 1.82) is 0 Å². The number of nitrogens with zero attached hydrogens (tertiary/aromatic N) is 2. The van der Waals surface area contributed by atoms with Crippen molar-refractivity contribution >= 4 is 34.7 Å². The van der Waals surface area contributed by atoms with E-state index in [4.69, 9.17) is 22.1 Å². The van der Waals surface area contributed by atoms with E-state index >= 15 is 0 Å². The Morgan fingerprint density at radius 1 is 1.25 bits per heavy atom. The summed E-state index contributed by atoms with van der Waals surface area (Å²) >= 11 is 6.79. The largest absolute Gasteiger partial charge is 0.475 e. The summed E-state index contributed by atoms with van der Waals surface area (Å²) < 4.78 is 37.6. The van der Waals surface area contributed by atoms with Gasteiger partial charge in [-0.05, 0) is 24.3 Å². The minimum absolute atomic E-state index is 0.00787. The van der Waals surface area contributed by atoms with Gasteiger partial charge in [-0.2, -0.15) is 4.37 Å². The fraction of sp³-hybridized carbons (Fsp3) is 0.167. The first-order valence-electron chi connectivity index (χ1n) is 8.13. The molecule has 2 aromatic heterocycles. The first kappa shape index (κ1) is 20.1. The minimum atomic E-state index is -0.767. The molecule has 0 aliphatic rings. The Hall–Kier alpha value is -2.62. The van der Waals surface area contributed by atoms with Crippen LogP contribution in [0.5, 0.6) is 5.06 Å². The van der Waals surface area contributed by atoms with Gasteiger partial charge in [0.2, 0.25) is 5.06 Å². The number of ether oxygens (including phenoxy) is 1. The number of carbonyl (C=O) groups excluding carboxylic acids is 1. The Morgan fingerprint density at radius 2 is 1.96 bits per heavy atom. The van der Waals surface area contributed by atoms with Gasteiger partial charge in [0.25, 0.3) is 5.91 Å². The summed E-state index contributed by atoms with van der Waals surface area (Å²) in [5.41, 5.74) is 5.56. The van der Waals surface area contributed by atoms with E-state index in [0.29, 0.717) is 10.8 Å². The van der Waals surface area contributed by atoms with Gasteiger partial charge in [0.1, 0.15) is 29.1 Å². The lowest BCUT2D eigenvalue weighted by Crippen LogP contribution is -2.28. The van der Waals surface area contributed by atoms with E-state index in [9.17, 15) is 13.6 Å². The van der Waals surface area contributed by atoms with E-state index in [2.05, 4.69) is 14.7 Å². The molecule has 6 nitrogen and oxygen atoms in total. The predicted octanol–water partition coefficient (Wildman–Crippen LogP) is 3.68. The van der Waals surface area contributed by atoms with Crippen molar-refractivity contribution in [2.75, 3.05) is 17.7 Å². The van der Waals surface area contributed by atoms with Crippen molar-refractivity contribution in [3.05, 3.63) is 59.9 Å². The average Bonchev–Trinajstić information content (AvgIpc) is 3.12. The monoisotopic (exact) mass is 424 g/mol. The normalized spacial score (nSPS) is 11.9. The molecular weight excluding hydrogens is 410 g/mol. The van der Waals surface area contributed by atoms with Crippen LogP contribution in [0.1, 0.15) is 10.5 Å². The van der Waals surface area contributed by atoms with E-state index in [1.807, 2.05) is 0 Å². The molecule has 0 aliphatic carbocycles. The number of nitrogens with one attached hydrogen (secondary N) is 1. The molecule has 0 aliphatic heterocycles.